The molecule has 1 aromatic heterocycles. The lowest BCUT2D eigenvalue weighted by molar-refractivity contribution is 0.0237. The number of aliphatic hydroxyl groups is 2. The van der Waals surface area contributed by atoms with E-state index in [9.17, 15) is 15.0 Å². The number of aliphatic hydroxyl groups excluding tert-OH is 2. The number of aromatic nitrogens is 1. The molecule has 0 fully saturated rings. The Labute approximate surface area is 120 Å². The summed E-state index contributed by atoms with van der Waals surface area (Å²) >= 11 is 1.01. The summed E-state index contributed by atoms with van der Waals surface area (Å²) in [5, 5.41) is 30.4. The van der Waals surface area contributed by atoms with E-state index in [1.165, 1.54) is 6.20 Å². The van der Waals surface area contributed by atoms with Crippen molar-refractivity contribution in [3.8, 4) is 6.07 Å². The lowest BCUT2D eigenvalue weighted by Crippen LogP contribution is -2.27. The molecule has 0 saturated heterocycles. The molecule has 1 aromatic rings. The van der Waals surface area contributed by atoms with E-state index in [2.05, 4.69) is 10.3 Å². The maximum atomic E-state index is 11.5. The average Bonchev–Trinajstić information content (AvgIpc) is 2.74. The normalized spacial score (nSPS) is 14.2. The second-order valence-corrected chi connectivity index (χ2v) is 6.13. The predicted octanol–water partition coefficient (Wildman–Crippen LogP) is 1.80. The number of nitriles is 1. The molecule has 1 rings (SSSR count). The van der Waals surface area contributed by atoms with Gasteiger partial charge < -0.3 is 14.9 Å². The molecule has 2 atom stereocenters. The number of hydrogen-bond acceptors (Lipinski definition) is 7. The smallest absolute Gasteiger partial charge is 0.413 e. The molecular formula is C12H17N3O4S. The molecule has 0 spiro atoms. The van der Waals surface area contributed by atoms with Crippen molar-refractivity contribution in [1.29, 1.82) is 5.26 Å². The molecule has 2 unspecified atom stereocenters. The van der Waals surface area contributed by atoms with Crippen LogP contribution in [0.5, 0.6) is 0 Å². The molecule has 0 aromatic carbocycles. The van der Waals surface area contributed by atoms with Crippen LogP contribution in [0.15, 0.2) is 6.20 Å². The maximum absolute atomic E-state index is 11.5. The zero-order valence-electron chi connectivity index (χ0n) is 11.5. The lowest BCUT2D eigenvalue weighted by Gasteiger charge is -2.18. The van der Waals surface area contributed by atoms with E-state index in [0.29, 0.717) is 4.88 Å². The van der Waals surface area contributed by atoms with Gasteiger partial charge in [0.15, 0.2) is 5.13 Å². The first-order valence-corrected chi connectivity index (χ1v) is 6.73. The zero-order valence-corrected chi connectivity index (χ0v) is 12.3. The van der Waals surface area contributed by atoms with Crippen molar-refractivity contribution < 1.29 is 19.7 Å². The number of nitrogens with zero attached hydrogens (tertiary/aromatic N) is 2. The average molecular weight is 299 g/mol. The van der Waals surface area contributed by atoms with Crippen molar-refractivity contribution in [3.05, 3.63) is 11.1 Å². The third-order valence-corrected chi connectivity index (χ3v) is 3.07. The summed E-state index contributed by atoms with van der Waals surface area (Å²) in [7, 11) is 0. The quantitative estimate of drug-likeness (QED) is 0.780. The number of hydrogen-bond donors (Lipinski definition) is 3. The van der Waals surface area contributed by atoms with Crippen molar-refractivity contribution in [1.82, 2.24) is 4.98 Å². The Morgan fingerprint density at radius 2 is 2.25 bits per heavy atom. The van der Waals surface area contributed by atoms with Crippen LogP contribution in [0.4, 0.5) is 9.93 Å². The fourth-order valence-electron chi connectivity index (χ4n) is 1.27. The van der Waals surface area contributed by atoms with E-state index in [4.69, 9.17) is 10.00 Å². The Kier molecular flexibility index (Phi) is 5.44. The maximum Gasteiger partial charge on any atom is 0.413 e. The summed E-state index contributed by atoms with van der Waals surface area (Å²) in [6, 6.07) is 1.77. The Balaban J connectivity index is 2.64. The third-order valence-electron chi connectivity index (χ3n) is 2.09. The molecule has 0 radical (unpaired) electrons. The van der Waals surface area contributed by atoms with Crippen LogP contribution in [-0.2, 0) is 4.74 Å². The highest BCUT2D eigenvalue weighted by atomic mass is 32.1. The zero-order chi connectivity index (χ0) is 15.3. The predicted molar refractivity (Wildman–Crippen MR) is 73.2 cm³/mol. The molecule has 0 saturated carbocycles. The number of rotatable bonds is 4. The van der Waals surface area contributed by atoms with Gasteiger partial charge >= 0.3 is 6.09 Å². The standard InChI is InChI=1S/C12H17N3O4S/c1-12(2,3)19-11(18)15-10-14-6-8(20-10)9(17)7(16)4-5-13/h6-7,9,16-17H,4H2,1-3H3,(H,14,15,18). The van der Waals surface area contributed by atoms with Crippen molar-refractivity contribution in [3.63, 3.8) is 0 Å². The SMILES string of the molecule is CC(C)(C)OC(=O)Nc1ncc(C(O)C(O)CC#N)s1. The van der Waals surface area contributed by atoms with Crippen LogP contribution in [0.1, 0.15) is 38.2 Å². The molecule has 1 amide bonds. The summed E-state index contributed by atoms with van der Waals surface area (Å²) < 4.78 is 5.06. The van der Waals surface area contributed by atoms with E-state index in [1.807, 2.05) is 0 Å². The van der Waals surface area contributed by atoms with Gasteiger partial charge in [-0.1, -0.05) is 11.3 Å². The topological polar surface area (TPSA) is 115 Å². The lowest BCUT2D eigenvalue weighted by atomic mass is 10.1. The minimum Gasteiger partial charge on any atom is -0.444 e. The van der Waals surface area contributed by atoms with Gasteiger partial charge in [-0.2, -0.15) is 5.26 Å². The molecular weight excluding hydrogens is 282 g/mol. The van der Waals surface area contributed by atoms with Gasteiger partial charge in [0.25, 0.3) is 0 Å². The third kappa shape index (κ3) is 5.13. The monoisotopic (exact) mass is 299 g/mol. The van der Waals surface area contributed by atoms with Gasteiger partial charge in [0.2, 0.25) is 0 Å². The van der Waals surface area contributed by atoms with Gasteiger partial charge in [-0.15, -0.1) is 0 Å². The van der Waals surface area contributed by atoms with Crippen molar-refractivity contribution in [2.75, 3.05) is 5.32 Å². The van der Waals surface area contributed by atoms with E-state index < -0.39 is 23.9 Å². The largest absolute Gasteiger partial charge is 0.444 e. The minimum atomic E-state index is -1.21. The molecule has 0 aliphatic rings. The van der Waals surface area contributed by atoms with Crippen LogP contribution in [0, 0.1) is 11.3 Å². The van der Waals surface area contributed by atoms with Crippen LogP contribution in [0.3, 0.4) is 0 Å². The van der Waals surface area contributed by atoms with Crippen LogP contribution in [0.2, 0.25) is 0 Å². The molecule has 7 nitrogen and oxygen atoms in total. The first-order valence-electron chi connectivity index (χ1n) is 5.91. The van der Waals surface area contributed by atoms with E-state index in [0.717, 1.165) is 11.3 Å². The first-order chi connectivity index (χ1) is 9.23. The van der Waals surface area contributed by atoms with Crippen LogP contribution >= 0.6 is 11.3 Å². The van der Waals surface area contributed by atoms with Crippen LogP contribution < -0.4 is 5.32 Å². The summed E-state index contributed by atoms with van der Waals surface area (Å²) in [6.45, 7) is 5.21. The molecule has 20 heavy (non-hydrogen) atoms. The number of nitrogens with one attached hydrogen (secondary N) is 1. The Hall–Kier alpha value is -1.69. The fraction of sp³-hybridized carbons (Fsp3) is 0.583. The van der Waals surface area contributed by atoms with E-state index >= 15 is 0 Å². The summed E-state index contributed by atoms with van der Waals surface area (Å²) in [6.07, 6.45) is -1.89. The Morgan fingerprint density at radius 3 is 2.80 bits per heavy atom. The molecule has 0 aliphatic heterocycles. The molecule has 3 N–H and O–H groups in total. The van der Waals surface area contributed by atoms with Gasteiger partial charge in [0.05, 0.1) is 23.5 Å². The number of ether oxygens (including phenoxy) is 1. The first kappa shape index (κ1) is 16.4. The summed E-state index contributed by atoms with van der Waals surface area (Å²) in [5.41, 5.74) is -0.618. The van der Waals surface area contributed by atoms with Gasteiger partial charge in [-0.25, -0.2) is 9.78 Å². The number of anilines is 1. The van der Waals surface area contributed by atoms with Crippen LogP contribution in [0.25, 0.3) is 0 Å². The van der Waals surface area contributed by atoms with Gasteiger partial charge in [-0.3, -0.25) is 5.32 Å². The highest BCUT2D eigenvalue weighted by Crippen LogP contribution is 2.27. The van der Waals surface area contributed by atoms with Gasteiger partial charge in [0.1, 0.15) is 11.7 Å². The Morgan fingerprint density at radius 1 is 1.60 bits per heavy atom. The minimum absolute atomic E-state index is 0.187. The van der Waals surface area contributed by atoms with Gasteiger partial charge in [-0.05, 0) is 20.8 Å². The van der Waals surface area contributed by atoms with Gasteiger partial charge in [0, 0.05) is 6.20 Å². The Bertz CT molecular complexity index is 504. The summed E-state index contributed by atoms with van der Waals surface area (Å²) in [4.78, 5) is 15.8. The van der Waals surface area contributed by atoms with Crippen molar-refractivity contribution in [2.24, 2.45) is 0 Å². The fourth-order valence-corrected chi connectivity index (χ4v) is 2.11. The summed E-state index contributed by atoms with van der Waals surface area (Å²) in [5.74, 6) is 0. The second-order valence-electron chi connectivity index (χ2n) is 5.07. The molecule has 8 heteroatoms. The van der Waals surface area contributed by atoms with E-state index in [1.54, 1.807) is 26.8 Å². The number of carbonyl (C=O) groups is 1. The highest BCUT2D eigenvalue weighted by Gasteiger charge is 2.22. The molecule has 1 heterocycles. The molecule has 110 valence electrons. The van der Waals surface area contributed by atoms with Crippen molar-refractivity contribution in [2.45, 2.75) is 45.0 Å². The van der Waals surface area contributed by atoms with Crippen molar-refractivity contribution >= 4 is 22.6 Å². The number of thiazole rings is 1. The molecule has 0 aliphatic carbocycles. The van der Waals surface area contributed by atoms with Crippen LogP contribution in [-0.4, -0.2) is 33.0 Å². The highest BCUT2D eigenvalue weighted by molar-refractivity contribution is 7.15. The van der Waals surface area contributed by atoms with E-state index in [-0.39, 0.29) is 11.6 Å². The second kappa shape index (κ2) is 6.65. The number of amides is 1. The number of carbonyl (C=O) groups excluding carboxylic acids is 1. The molecule has 0 bridgehead atoms.